The fourth-order valence-electron chi connectivity index (χ4n) is 1.55. The van der Waals surface area contributed by atoms with E-state index in [1.54, 1.807) is 13.8 Å². The van der Waals surface area contributed by atoms with Gasteiger partial charge in [-0.3, -0.25) is 0 Å². The number of anilines is 1. The molecule has 1 unspecified atom stereocenters. The molecule has 0 spiro atoms. The van der Waals surface area contributed by atoms with Crippen molar-refractivity contribution < 1.29 is 9.53 Å². The molecule has 5 heteroatoms. The first-order chi connectivity index (χ1) is 8.45. The highest BCUT2D eigenvalue weighted by Crippen LogP contribution is 2.18. The van der Waals surface area contributed by atoms with Crippen molar-refractivity contribution >= 4 is 28.9 Å². The second-order valence-electron chi connectivity index (χ2n) is 4.03. The number of hydrogen-bond acceptors (Lipinski definition) is 4. The summed E-state index contributed by atoms with van der Waals surface area (Å²) < 4.78 is 4.94. The highest BCUT2D eigenvalue weighted by atomic mass is 32.1. The molecule has 1 rings (SSSR count). The van der Waals surface area contributed by atoms with E-state index < -0.39 is 6.04 Å². The summed E-state index contributed by atoms with van der Waals surface area (Å²) in [6, 6.07) is 5.23. The van der Waals surface area contributed by atoms with Crippen LogP contribution in [-0.4, -0.2) is 23.6 Å². The van der Waals surface area contributed by atoms with Crippen LogP contribution in [0.15, 0.2) is 18.2 Å². The summed E-state index contributed by atoms with van der Waals surface area (Å²) in [7, 11) is 0. The third kappa shape index (κ3) is 3.70. The predicted molar refractivity (Wildman–Crippen MR) is 76.8 cm³/mol. The molecule has 0 radical (unpaired) electrons. The van der Waals surface area contributed by atoms with Crippen molar-refractivity contribution in [3.63, 3.8) is 0 Å². The van der Waals surface area contributed by atoms with Gasteiger partial charge in [0, 0.05) is 11.3 Å². The van der Waals surface area contributed by atoms with Crippen molar-refractivity contribution in [2.24, 2.45) is 5.73 Å². The Bertz CT molecular complexity index is 460. The topological polar surface area (TPSA) is 64.3 Å². The number of rotatable bonds is 5. The summed E-state index contributed by atoms with van der Waals surface area (Å²) in [5.41, 5.74) is 8.20. The highest BCUT2D eigenvalue weighted by molar-refractivity contribution is 7.80. The minimum atomic E-state index is -0.445. The van der Waals surface area contributed by atoms with E-state index in [4.69, 9.17) is 22.7 Å². The van der Waals surface area contributed by atoms with Gasteiger partial charge >= 0.3 is 5.97 Å². The van der Waals surface area contributed by atoms with Crippen molar-refractivity contribution in [1.82, 2.24) is 0 Å². The lowest BCUT2D eigenvalue weighted by molar-refractivity contribution is -0.143. The summed E-state index contributed by atoms with van der Waals surface area (Å²) in [6.45, 7) is 5.84. The molecule has 3 N–H and O–H groups in total. The third-order valence-corrected chi connectivity index (χ3v) is 2.67. The van der Waals surface area contributed by atoms with Gasteiger partial charge in [-0.05, 0) is 38.5 Å². The Hall–Kier alpha value is -1.62. The molecule has 0 saturated carbocycles. The number of thiocarbonyl (C=S) groups is 1. The van der Waals surface area contributed by atoms with Gasteiger partial charge in [0.05, 0.1) is 6.61 Å². The first-order valence-corrected chi connectivity index (χ1v) is 6.20. The lowest BCUT2D eigenvalue weighted by Gasteiger charge is -2.17. The summed E-state index contributed by atoms with van der Waals surface area (Å²) in [4.78, 5) is 11.9. The number of carbonyl (C=O) groups excluding carboxylic acids is 1. The van der Waals surface area contributed by atoms with Gasteiger partial charge in [-0.25, -0.2) is 4.79 Å². The van der Waals surface area contributed by atoms with Gasteiger partial charge in [0.2, 0.25) is 0 Å². The largest absolute Gasteiger partial charge is 0.464 e. The average molecular weight is 266 g/mol. The molecule has 0 aromatic heterocycles. The third-order valence-electron chi connectivity index (χ3n) is 2.45. The SMILES string of the molecule is CCOC(=O)C(C)Nc1cc(C)ccc1C(N)=S. The van der Waals surface area contributed by atoms with Gasteiger partial charge in [-0.15, -0.1) is 0 Å². The predicted octanol–water partition coefficient (Wildman–Crippen LogP) is 1.99. The number of nitrogens with one attached hydrogen (secondary N) is 1. The molecule has 0 aliphatic rings. The van der Waals surface area contributed by atoms with E-state index in [1.807, 2.05) is 25.1 Å². The standard InChI is InChI=1S/C13H18N2O2S/c1-4-17-13(16)9(3)15-11-7-8(2)5-6-10(11)12(14)18/h5-7,9,15H,4H2,1-3H3,(H2,14,18). The fourth-order valence-corrected chi connectivity index (χ4v) is 1.73. The van der Waals surface area contributed by atoms with Crippen LogP contribution in [0.5, 0.6) is 0 Å². The van der Waals surface area contributed by atoms with E-state index in [1.165, 1.54) is 0 Å². The molecular weight excluding hydrogens is 248 g/mol. The van der Waals surface area contributed by atoms with E-state index in [0.717, 1.165) is 16.8 Å². The zero-order chi connectivity index (χ0) is 13.7. The molecule has 1 aromatic rings. The lowest BCUT2D eigenvalue weighted by Crippen LogP contribution is -2.29. The van der Waals surface area contributed by atoms with Crippen LogP contribution < -0.4 is 11.1 Å². The van der Waals surface area contributed by atoms with Gasteiger partial charge < -0.3 is 15.8 Å². The number of carbonyl (C=O) groups is 1. The molecule has 1 aromatic carbocycles. The summed E-state index contributed by atoms with van der Waals surface area (Å²) in [6.07, 6.45) is 0. The molecule has 0 heterocycles. The maximum Gasteiger partial charge on any atom is 0.328 e. The highest BCUT2D eigenvalue weighted by Gasteiger charge is 2.15. The Morgan fingerprint density at radius 1 is 1.56 bits per heavy atom. The maximum atomic E-state index is 11.6. The Kier molecular flexibility index (Phi) is 5.09. The van der Waals surface area contributed by atoms with Crippen LogP contribution in [0, 0.1) is 6.92 Å². The number of esters is 1. The monoisotopic (exact) mass is 266 g/mol. The second-order valence-corrected chi connectivity index (χ2v) is 4.47. The van der Waals surface area contributed by atoms with Crippen molar-refractivity contribution in [3.8, 4) is 0 Å². The fraction of sp³-hybridized carbons (Fsp3) is 0.385. The van der Waals surface area contributed by atoms with Crippen LogP contribution in [0.2, 0.25) is 0 Å². The van der Waals surface area contributed by atoms with Crippen molar-refractivity contribution in [1.29, 1.82) is 0 Å². The lowest BCUT2D eigenvalue weighted by atomic mass is 10.1. The van der Waals surface area contributed by atoms with Gasteiger partial charge in [0.15, 0.2) is 0 Å². The van der Waals surface area contributed by atoms with Gasteiger partial charge in [-0.1, -0.05) is 18.3 Å². The number of ether oxygens (including phenoxy) is 1. The van der Waals surface area contributed by atoms with Crippen molar-refractivity contribution in [3.05, 3.63) is 29.3 Å². The molecule has 0 bridgehead atoms. The molecule has 18 heavy (non-hydrogen) atoms. The Morgan fingerprint density at radius 3 is 2.78 bits per heavy atom. The second kappa shape index (κ2) is 6.35. The first-order valence-electron chi connectivity index (χ1n) is 5.79. The van der Waals surface area contributed by atoms with Crippen LogP contribution in [0.1, 0.15) is 25.0 Å². The van der Waals surface area contributed by atoms with Gasteiger partial charge in [0.25, 0.3) is 0 Å². The van der Waals surface area contributed by atoms with Gasteiger partial charge in [0.1, 0.15) is 11.0 Å². The van der Waals surface area contributed by atoms with Crippen LogP contribution in [0.25, 0.3) is 0 Å². The Balaban J connectivity index is 2.92. The summed E-state index contributed by atoms with van der Waals surface area (Å²) in [5, 5.41) is 3.08. The van der Waals surface area contributed by atoms with E-state index in [9.17, 15) is 4.79 Å². The Labute approximate surface area is 113 Å². The molecule has 0 aliphatic heterocycles. The van der Waals surface area contributed by atoms with Crippen LogP contribution >= 0.6 is 12.2 Å². The van der Waals surface area contributed by atoms with E-state index >= 15 is 0 Å². The zero-order valence-corrected chi connectivity index (χ0v) is 11.6. The molecule has 0 aliphatic carbocycles. The maximum absolute atomic E-state index is 11.6. The van der Waals surface area contributed by atoms with E-state index in [0.29, 0.717) is 11.6 Å². The number of nitrogens with two attached hydrogens (primary N) is 1. The molecule has 1 atom stereocenters. The Morgan fingerprint density at radius 2 is 2.22 bits per heavy atom. The molecule has 0 fully saturated rings. The van der Waals surface area contributed by atoms with Gasteiger partial charge in [-0.2, -0.15) is 0 Å². The quantitative estimate of drug-likeness (QED) is 0.630. The first kappa shape index (κ1) is 14.4. The average Bonchev–Trinajstić information content (AvgIpc) is 2.28. The molecule has 0 saturated heterocycles. The van der Waals surface area contributed by atoms with Crippen LogP contribution in [0.4, 0.5) is 5.69 Å². The van der Waals surface area contributed by atoms with Crippen LogP contribution in [0.3, 0.4) is 0 Å². The molecule has 98 valence electrons. The van der Waals surface area contributed by atoms with E-state index in [2.05, 4.69) is 5.32 Å². The normalized spacial score (nSPS) is 11.7. The number of aryl methyl sites for hydroxylation is 1. The summed E-state index contributed by atoms with van der Waals surface area (Å²) >= 11 is 4.98. The molecule has 0 amide bonds. The summed E-state index contributed by atoms with van der Waals surface area (Å²) in [5.74, 6) is -0.298. The number of hydrogen-bond donors (Lipinski definition) is 2. The van der Waals surface area contributed by atoms with Crippen molar-refractivity contribution in [2.45, 2.75) is 26.8 Å². The molecular formula is C13H18N2O2S. The molecule has 4 nitrogen and oxygen atoms in total. The minimum absolute atomic E-state index is 0.298. The van der Waals surface area contributed by atoms with Crippen molar-refractivity contribution in [2.75, 3.05) is 11.9 Å². The van der Waals surface area contributed by atoms with E-state index in [-0.39, 0.29) is 5.97 Å². The zero-order valence-electron chi connectivity index (χ0n) is 10.8. The minimum Gasteiger partial charge on any atom is -0.464 e. The smallest absolute Gasteiger partial charge is 0.328 e. The number of benzene rings is 1. The van der Waals surface area contributed by atoms with Crippen LogP contribution in [-0.2, 0) is 9.53 Å².